The minimum atomic E-state index is 0.534. The van der Waals surface area contributed by atoms with E-state index in [2.05, 4.69) is 32.8 Å². The van der Waals surface area contributed by atoms with E-state index in [1.165, 1.54) is 6.20 Å². The Balaban J connectivity index is 2.59. The first-order valence-electron chi connectivity index (χ1n) is 3.90. The number of carbonyl (C=O) groups is 1. The van der Waals surface area contributed by atoms with Crippen LogP contribution in [0.5, 0.6) is 0 Å². The van der Waals surface area contributed by atoms with Crippen LogP contribution in [-0.4, -0.2) is 25.8 Å². The molecule has 0 spiro atoms. The molecule has 6 heteroatoms. The van der Waals surface area contributed by atoms with Crippen LogP contribution < -0.4 is 0 Å². The molecule has 2 aromatic rings. The van der Waals surface area contributed by atoms with Crippen LogP contribution in [0.4, 0.5) is 0 Å². The molecule has 72 valence electrons. The quantitative estimate of drug-likeness (QED) is 0.615. The molecule has 0 amide bonds. The van der Waals surface area contributed by atoms with Crippen molar-refractivity contribution in [2.45, 2.75) is 0 Å². The third kappa shape index (κ3) is 1.45. The second-order valence-corrected chi connectivity index (χ2v) is 4.01. The van der Waals surface area contributed by atoms with E-state index in [0.29, 0.717) is 11.4 Å². The minimum Gasteiger partial charge on any atom is -0.298 e. The molecule has 0 saturated heterocycles. The van der Waals surface area contributed by atoms with Gasteiger partial charge in [0.15, 0.2) is 12.1 Å². The van der Waals surface area contributed by atoms with E-state index in [-0.39, 0.29) is 0 Å². The summed E-state index contributed by atoms with van der Waals surface area (Å²) in [5.74, 6) is 0.683. The fourth-order valence-electron chi connectivity index (χ4n) is 1.23. The lowest BCUT2D eigenvalue weighted by molar-refractivity contribution is 0.112. The predicted octanol–water partition coefficient (Wildman–Crippen LogP) is 1.02. The lowest BCUT2D eigenvalue weighted by Gasteiger charge is -2.01. The molecule has 0 fully saturated rings. The van der Waals surface area contributed by atoms with Crippen molar-refractivity contribution < 1.29 is 4.79 Å². The number of rotatable bonds is 2. The molecule has 0 atom stereocenters. The molecule has 2 rings (SSSR count). The van der Waals surface area contributed by atoms with Gasteiger partial charge in [-0.25, -0.2) is 4.68 Å². The van der Waals surface area contributed by atoms with Crippen LogP contribution in [0.15, 0.2) is 18.6 Å². The highest BCUT2D eigenvalue weighted by Gasteiger charge is 2.10. The zero-order valence-electron chi connectivity index (χ0n) is 7.38. The summed E-state index contributed by atoms with van der Waals surface area (Å²) in [6.07, 6.45) is 5.86. The Kier molecular flexibility index (Phi) is 2.36. The maximum Gasteiger partial charge on any atom is 0.162 e. The zero-order chi connectivity index (χ0) is 10.1. The highest BCUT2D eigenvalue weighted by atomic mass is 127. The topological polar surface area (TPSA) is 52.7 Å². The molecule has 2 heterocycles. The molecule has 2 aromatic heterocycles. The van der Waals surface area contributed by atoms with Gasteiger partial charge in [-0.2, -0.15) is 10.2 Å². The molecule has 0 bridgehead atoms. The van der Waals surface area contributed by atoms with Crippen LogP contribution >= 0.6 is 22.6 Å². The van der Waals surface area contributed by atoms with Crippen LogP contribution in [0.25, 0.3) is 5.82 Å². The number of nitrogens with zero attached hydrogens (tertiary/aromatic N) is 4. The Bertz CT molecular complexity index is 473. The first kappa shape index (κ1) is 9.38. The van der Waals surface area contributed by atoms with Crippen LogP contribution in [0.3, 0.4) is 0 Å². The standard InChI is InChI=1S/C8H7IN4O/c1-12-8(6(5-14)2-10-12)13-4-7(9)3-11-13/h2-5H,1H3. The van der Waals surface area contributed by atoms with E-state index < -0.39 is 0 Å². The molecule has 0 N–H and O–H groups in total. The average Bonchev–Trinajstić information content (AvgIpc) is 2.71. The van der Waals surface area contributed by atoms with Gasteiger partial charge < -0.3 is 0 Å². The molecule has 0 saturated carbocycles. The molecule has 0 aliphatic carbocycles. The van der Waals surface area contributed by atoms with E-state index in [9.17, 15) is 4.79 Å². The Morgan fingerprint density at radius 3 is 2.79 bits per heavy atom. The van der Waals surface area contributed by atoms with Gasteiger partial charge in [-0.05, 0) is 22.6 Å². The molecular formula is C8H7IN4O. The van der Waals surface area contributed by atoms with Crippen LogP contribution in [0.1, 0.15) is 10.4 Å². The zero-order valence-corrected chi connectivity index (χ0v) is 9.54. The van der Waals surface area contributed by atoms with E-state index in [4.69, 9.17) is 0 Å². The second-order valence-electron chi connectivity index (χ2n) is 2.77. The molecule has 0 aliphatic heterocycles. The van der Waals surface area contributed by atoms with Crippen molar-refractivity contribution in [3.63, 3.8) is 0 Å². The Morgan fingerprint density at radius 1 is 1.43 bits per heavy atom. The van der Waals surface area contributed by atoms with Crippen molar-refractivity contribution >= 4 is 28.9 Å². The van der Waals surface area contributed by atoms with Gasteiger partial charge in [0.05, 0.1) is 21.5 Å². The van der Waals surface area contributed by atoms with Crippen LogP contribution in [-0.2, 0) is 7.05 Å². The van der Waals surface area contributed by atoms with Crippen molar-refractivity contribution in [3.8, 4) is 5.82 Å². The molecule has 0 radical (unpaired) electrons. The van der Waals surface area contributed by atoms with Crippen molar-refractivity contribution in [2.24, 2.45) is 7.05 Å². The van der Waals surface area contributed by atoms with Gasteiger partial charge in [0, 0.05) is 13.2 Å². The van der Waals surface area contributed by atoms with E-state index in [1.54, 1.807) is 22.6 Å². The third-order valence-corrected chi connectivity index (χ3v) is 2.39. The second kappa shape index (κ2) is 3.52. The summed E-state index contributed by atoms with van der Waals surface area (Å²) in [4.78, 5) is 10.7. The van der Waals surface area contributed by atoms with Crippen molar-refractivity contribution in [3.05, 3.63) is 27.7 Å². The molecule has 0 unspecified atom stereocenters. The highest BCUT2D eigenvalue weighted by Crippen LogP contribution is 2.12. The number of carbonyl (C=O) groups excluding carboxylic acids is 1. The van der Waals surface area contributed by atoms with Crippen LogP contribution in [0.2, 0.25) is 0 Å². The molecule has 14 heavy (non-hydrogen) atoms. The van der Waals surface area contributed by atoms with E-state index >= 15 is 0 Å². The number of hydrogen-bond donors (Lipinski definition) is 0. The number of aldehydes is 1. The maximum atomic E-state index is 10.7. The molecule has 0 aromatic carbocycles. The summed E-state index contributed by atoms with van der Waals surface area (Å²) in [7, 11) is 1.77. The first-order chi connectivity index (χ1) is 6.72. The van der Waals surface area contributed by atoms with Gasteiger partial charge in [-0.3, -0.25) is 9.48 Å². The van der Waals surface area contributed by atoms with Gasteiger partial charge in [0.2, 0.25) is 0 Å². The summed E-state index contributed by atoms with van der Waals surface area (Å²) in [5.41, 5.74) is 0.534. The summed E-state index contributed by atoms with van der Waals surface area (Å²) in [6, 6.07) is 0. The number of halogens is 1. The summed E-state index contributed by atoms with van der Waals surface area (Å²) < 4.78 is 4.27. The van der Waals surface area contributed by atoms with Crippen molar-refractivity contribution in [1.29, 1.82) is 0 Å². The monoisotopic (exact) mass is 302 g/mol. The minimum absolute atomic E-state index is 0.534. The average molecular weight is 302 g/mol. The SMILES string of the molecule is Cn1ncc(C=O)c1-n1cc(I)cn1. The first-order valence-corrected chi connectivity index (χ1v) is 4.98. The molecule has 5 nitrogen and oxygen atoms in total. The van der Waals surface area contributed by atoms with E-state index in [1.807, 2.05) is 6.20 Å². The highest BCUT2D eigenvalue weighted by molar-refractivity contribution is 14.1. The Labute approximate surface area is 93.9 Å². The smallest absolute Gasteiger partial charge is 0.162 e. The Morgan fingerprint density at radius 2 is 2.21 bits per heavy atom. The normalized spacial score (nSPS) is 10.4. The van der Waals surface area contributed by atoms with Crippen LogP contribution in [0, 0.1) is 3.57 Å². The van der Waals surface area contributed by atoms with Gasteiger partial charge in [0.25, 0.3) is 0 Å². The van der Waals surface area contributed by atoms with Gasteiger partial charge in [-0.1, -0.05) is 0 Å². The largest absolute Gasteiger partial charge is 0.298 e. The predicted molar refractivity (Wildman–Crippen MR) is 58.4 cm³/mol. The number of aromatic nitrogens is 4. The number of hydrogen-bond acceptors (Lipinski definition) is 3. The lowest BCUT2D eigenvalue weighted by Crippen LogP contribution is -2.05. The summed E-state index contributed by atoms with van der Waals surface area (Å²) in [6.45, 7) is 0. The fraction of sp³-hybridized carbons (Fsp3) is 0.125. The fourth-order valence-corrected chi connectivity index (χ4v) is 1.62. The summed E-state index contributed by atoms with van der Waals surface area (Å²) in [5, 5.41) is 8.11. The molecular weight excluding hydrogens is 295 g/mol. The van der Waals surface area contributed by atoms with Gasteiger partial charge >= 0.3 is 0 Å². The lowest BCUT2D eigenvalue weighted by atomic mass is 10.4. The molecule has 0 aliphatic rings. The van der Waals surface area contributed by atoms with Crippen molar-refractivity contribution in [1.82, 2.24) is 19.6 Å². The third-order valence-electron chi connectivity index (χ3n) is 1.83. The maximum absolute atomic E-state index is 10.7. The van der Waals surface area contributed by atoms with Gasteiger partial charge in [-0.15, -0.1) is 0 Å². The number of aryl methyl sites for hydroxylation is 1. The van der Waals surface area contributed by atoms with Crippen molar-refractivity contribution in [2.75, 3.05) is 0 Å². The Hall–Kier alpha value is -1.18. The van der Waals surface area contributed by atoms with Gasteiger partial charge in [0.1, 0.15) is 0 Å². The van der Waals surface area contributed by atoms with E-state index in [0.717, 1.165) is 9.86 Å². The summed E-state index contributed by atoms with van der Waals surface area (Å²) >= 11 is 2.16.